The molecule has 0 spiro atoms. The van der Waals surface area contributed by atoms with Crippen LogP contribution in [0.1, 0.15) is 17.4 Å². The fourth-order valence-electron chi connectivity index (χ4n) is 4.15. The smallest absolute Gasteiger partial charge is 0.309 e. The van der Waals surface area contributed by atoms with Crippen LogP contribution in [0.4, 0.5) is 10.1 Å². The summed E-state index contributed by atoms with van der Waals surface area (Å²) in [5.74, 6) is -0.255. The first-order valence-corrected chi connectivity index (χ1v) is 11.5. The van der Waals surface area contributed by atoms with Crippen molar-refractivity contribution in [3.8, 4) is 5.75 Å². The number of rotatable bonds is 8. The molecule has 2 heterocycles. The monoisotopic (exact) mass is 480 g/mol. The average molecular weight is 481 g/mol. The molecule has 35 heavy (non-hydrogen) atoms. The second-order valence-electron chi connectivity index (χ2n) is 8.27. The largest absolute Gasteiger partial charge is 0.497 e. The molecule has 2 amide bonds. The predicted molar refractivity (Wildman–Crippen MR) is 129 cm³/mol. The van der Waals surface area contributed by atoms with Gasteiger partial charge in [0.1, 0.15) is 17.3 Å². The van der Waals surface area contributed by atoms with Crippen molar-refractivity contribution in [1.82, 2.24) is 15.5 Å². The van der Waals surface area contributed by atoms with Crippen LogP contribution in [0, 0.1) is 5.82 Å². The first-order valence-electron chi connectivity index (χ1n) is 11.5. The summed E-state index contributed by atoms with van der Waals surface area (Å²) in [6, 6.07) is 17.2. The van der Waals surface area contributed by atoms with E-state index in [0.717, 1.165) is 43.2 Å². The third-order valence-electron chi connectivity index (χ3n) is 6.07. The number of benzene rings is 2. The summed E-state index contributed by atoms with van der Waals surface area (Å²) >= 11 is 0. The van der Waals surface area contributed by atoms with Crippen molar-refractivity contribution in [1.29, 1.82) is 0 Å². The highest BCUT2D eigenvalue weighted by atomic mass is 19.1. The van der Waals surface area contributed by atoms with Gasteiger partial charge in [0.15, 0.2) is 0 Å². The second-order valence-corrected chi connectivity index (χ2v) is 8.27. The van der Waals surface area contributed by atoms with E-state index in [1.165, 1.54) is 12.1 Å². The van der Waals surface area contributed by atoms with E-state index < -0.39 is 11.8 Å². The fraction of sp³-hybridized carbons (Fsp3) is 0.308. The molecule has 1 atom stereocenters. The lowest BCUT2D eigenvalue weighted by Gasteiger charge is -2.39. The minimum atomic E-state index is -0.702. The first kappa shape index (κ1) is 24.3. The third-order valence-corrected chi connectivity index (χ3v) is 6.07. The van der Waals surface area contributed by atoms with Crippen molar-refractivity contribution >= 4 is 17.5 Å². The van der Waals surface area contributed by atoms with Crippen LogP contribution in [-0.2, 0) is 16.1 Å². The lowest BCUT2D eigenvalue weighted by Crippen LogP contribution is -2.50. The molecule has 0 radical (unpaired) electrons. The summed E-state index contributed by atoms with van der Waals surface area (Å²) in [5, 5.41) is 5.38. The molecule has 0 saturated carbocycles. The zero-order chi connectivity index (χ0) is 24.6. The maximum Gasteiger partial charge on any atom is 0.309 e. The number of halogens is 1. The number of hydrogen-bond donors (Lipinski definition) is 2. The van der Waals surface area contributed by atoms with Crippen molar-refractivity contribution < 1.29 is 23.1 Å². The van der Waals surface area contributed by atoms with Crippen LogP contribution in [0.3, 0.4) is 0 Å². The van der Waals surface area contributed by atoms with Gasteiger partial charge in [0.2, 0.25) is 0 Å². The van der Waals surface area contributed by atoms with Crippen molar-refractivity contribution in [3.63, 3.8) is 0 Å². The van der Waals surface area contributed by atoms with Gasteiger partial charge in [-0.3, -0.25) is 14.5 Å². The fourth-order valence-corrected chi connectivity index (χ4v) is 4.15. The molecule has 1 aromatic heterocycles. The molecule has 0 aliphatic carbocycles. The quantitative estimate of drug-likeness (QED) is 0.482. The van der Waals surface area contributed by atoms with Gasteiger partial charge in [0.25, 0.3) is 0 Å². The SMILES string of the molecule is COc1cccc(CNC(=O)C(=O)NC[C@@H](c2ccco2)N2CCN(c3ccc(F)cc3)CC2)c1. The minimum Gasteiger partial charge on any atom is -0.497 e. The molecule has 0 unspecified atom stereocenters. The van der Waals surface area contributed by atoms with Gasteiger partial charge < -0.3 is 24.7 Å². The maximum atomic E-state index is 13.2. The summed E-state index contributed by atoms with van der Waals surface area (Å²) < 4.78 is 24.1. The van der Waals surface area contributed by atoms with Gasteiger partial charge in [0, 0.05) is 45.0 Å². The number of hydrogen-bond acceptors (Lipinski definition) is 6. The Morgan fingerprint density at radius 2 is 1.74 bits per heavy atom. The molecular formula is C26H29FN4O4. The van der Waals surface area contributed by atoms with E-state index in [2.05, 4.69) is 20.4 Å². The Morgan fingerprint density at radius 3 is 2.43 bits per heavy atom. The number of methoxy groups -OCH3 is 1. The number of nitrogens with one attached hydrogen (secondary N) is 2. The van der Waals surface area contributed by atoms with Crippen LogP contribution in [-0.4, -0.2) is 56.5 Å². The number of nitrogens with zero attached hydrogens (tertiary/aromatic N) is 2. The second kappa shape index (κ2) is 11.5. The van der Waals surface area contributed by atoms with Gasteiger partial charge in [-0.15, -0.1) is 0 Å². The standard InChI is InChI=1S/C26H29FN4O4/c1-34-22-5-2-4-19(16-22)17-28-25(32)26(33)29-18-23(24-6-3-15-35-24)31-13-11-30(12-14-31)21-9-7-20(27)8-10-21/h2-10,15-16,23H,11-14,17-18H2,1H3,(H,28,32)(H,29,33)/t23-/m0/s1. The molecule has 1 fully saturated rings. The predicted octanol–water partition coefficient (Wildman–Crippen LogP) is 2.72. The van der Waals surface area contributed by atoms with Crippen molar-refractivity contribution in [2.24, 2.45) is 0 Å². The van der Waals surface area contributed by atoms with Crippen LogP contribution in [0.25, 0.3) is 0 Å². The minimum absolute atomic E-state index is 0.212. The van der Waals surface area contributed by atoms with Crippen LogP contribution < -0.4 is 20.3 Å². The molecule has 1 saturated heterocycles. The van der Waals surface area contributed by atoms with Gasteiger partial charge in [-0.2, -0.15) is 0 Å². The summed E-state index contributed by atoms with van der Waals surface area (Å²) in [5.41, 5.74) is 1.81. The van der Waals surface area contributed by atoms with Crippen molar-refractivity contribution in [3.05, 3.63) is 84.1 Å². The van der Waals surface area contributed by atoms with Gasteiger partial charge in [-0.05, 0) is 54.1 Å². The first-order chi connectivity index (χ1) is 17.0. The molecule has 9 heteroatoms. The van der Waals surface area contributed by atoms with E-state index in [4.69, 9.17) is 9.15 Å². The molecular weight excluding hydrogens is 451 g/mol. The molecule has 0 bridgehead atoms. The summed E-state index contributed by atoms with van der Waals surface area (Å²) in [4.78, 5) is 29.2. The highest BCUT2D eigenvalue weighted by Gasteiger charge is 2.28. The topological polar surface area (TPSA) is 87.0 Å². The Morgan fingerprint density at radius 1 is 1.00 bits per heavy atom. The molecule has 4 rings (SSSR count). The molecule has 184 valence electrons. The van der Waals surface area contributed by atoms with Crippen LogP contribution in [0.2, 0.25) is 0 Å². The molecule has 2 N–H and O–H groups in total. The molecule has 8 nitrogen and oxygen atoms in total. The van der Waals surface area contributed by atoms with Gasteiger partial charge in [-0.25, -0.2) is 4.39 Å². The number of furan rings is 1. The lowest BCUT2D eigenvalue weighted by atomic mass is 10.1. The number of carbonyl (C=O) groups excluding carboxylic acids is 2. The number of amides is 2. The van der Waals surface area contributed by atoms with E-state index in [1.807, 2.05) is 24.3 Å². The summed E-state index contributed by atoms with van der Waals surface area (Å²) in [6.45, 7) is 3.39. The van der Waals surface area contributed by atoms with Gasteiger partial charge in [-0.1, -0.05) is 12.1 Å². The Balaban J connectivity index is 1.31. The Bertz CT molecular complexity index is 1110. The van der Waals surface area contributed by atoms with Crippen molar-refractivity contribution in [2.45, 2.75) is 12.6 Å². The maximum absolute atomic E-state index is 13.2. The number of anilines is 1. The number of ether oxygens (including phenoxy) is 1. The van der Waals surface area contributed by atoms with Crippen LogP contribution >= 0.6 is 0 Å². The van der Waals surface area contributed by atoms with Gasteiger partial charge in [0.05, 0.1) is 19.4 Å². The van der Waals surface area contributed by atoms with E-state index in [0.29, 0.717) is 5.75 Å². The third kappa shape index (κ3) is 6.39. The van der Waals surface area contributed by atoms with Crippen LogP contribution in [0.15, 0.2) is 71.3 Å². The lowest BCUT2D eigenvalue weighted by molar-refractivity contribution is -0.139. The van der Waals surface area contributed by atoms with E-state index in [9.17, 15) is 14.0 Å². The molecule has 1 aliphatic heterocycles. The Hall–Kier alpha value is -3.85. The van der Waals surface area contributed by atoms with E-state index in [1.54, 1.807) is 37.6 Å². The average Bonchev–Trinajstić information content (AvgIpc) is 3.43. The zero-order valence-electron chi connectivity index (χ0n) is 19.6. The molecule has 2 aromatic carbocycles. The summed E-state index contributed by atoms with van der Waals surface area (Å²) in [6.07, 6.45) is 1.60. The molecule has 1 aliphatic rings. The van der Waals surface area contributed by atoms with Crippen LogP contribution in [0.5, 0.6) is 5.75 Å². The zero-order valence-corrected chi connectivity index (χ0v) is 19.6. The number of piperazine rings is 1. The Labute approximate surface area is 203 Å². The Kier molecular flexibility index (Phi) is 7.99. The highest BCUT2D eigenvalue weighted by molar-refractivity contribution is 6.35. The van der Waals surface area contributed by atoms with E-state index in [-0.39, 0.29) is 24.9 Å². The normalized spacial score (nSPS) is 14.9. The number of carbonyl (C=O) groups is 2. The van der Waals surface area contributed by atoms with Crippen molar-refractivity contribution in [2.75, 3.05) is 44.7 Å². The van der Waals surface area contributed by atoms with Gasteiger partial charge >= 0.3 is 11.8 Å². The highest BCUT2D eigenvalue weighted by Crippen LogP contribution is 2.24. The summed E-state index contributed by atoms with van der Waals surface area (Å²) in [7, 11) is 1.57. The van der Waals surface area contributed by atoms with E-state index >= 15 is 0 Å². The molecule has 3 aromatic rings.